The van der Waals surface area contributed by atoms with Crippen LogP contribution in [0.2, 0.25) is 0 Å². The second-order valence-corrected chi connectivity index (χ2v) is 8.88. The first-order valence-electron chi connectivity index (χ1n) is 10.4. The maximum absolute atomic E-state index is 13.9. The summed E-state index contributed by atoms with van der Waals surface area (Å²) >= 11 is 1.76. The Balaban J connectivity index is 1.29. The molecule has 1 aliphatic heterocycles. The molecule has 3 aromatic rings. The van der Waals surface area contributed by atoms with Gasteiger partial charge >= 0.3 is 11.8 Å². The van der Waals surface area contributed by atoms with Crippen molar-refractivity contribution in [3.63, 3.8) is 0 Å². The Bertz CT molecular complexity index is 1100. The maximum Gasteiger partial charge on any atom is 0.411 e. The maximum atomic E-state index is 13.9. The van der Waals surface area contributed by atoms with Crippen molar-refractivity contribution in [2.24, 2.45) is 0 Å². The third kappa shape index (κ3) is 4.86. The van der Waals surface area contributed by atoms with Gasteiger partial charge in [0.05, 0.1) is 25.8 Å². The van der Waals surface area contributed by atoms with E-state index in [1.54, 1.807) is 11.3 Å². The summed E-state index contributed by atoms with van der Waals surface area (Å²) in [5.41, 5.74) is 0.469. The van der Waals surface area contributed by atoms with Crippen LogP contribution < -0.4 is 4.90 Å². The number of hydrogen-bond donors (Lipinski definition) is 1. The zero-order valence-corrected chi connectivity index (χ0v) is 18.1. The van der Waals surface area contributed by atoms with E-state index in [0.717, 1.165) is 55.0 Å². The number of amides is 1. The molecule has 2 heterocycles. The molecule has 4 rings (SSSR count). The van der Waals surface area contributed by atoms with Crippen molar-refractivity contribution in [1.82, 2.24) is 9.88 Å². The molecule has 8 nitrogen and oxygen atoms in total. The average Bonchev–Trinajstić information content (AvgIpc) is 3.21. The van der Waals surface area contributed by atoms with Crippen LogP contribution in [0.25, 0.3) is 10.2 Å². The van der Waals surface area contributed by atoms with Crippen LogP contribution in [0, 0.1) is 15.9 Å². The summed E-state index contributed by atoms with van der Waals surface area (Å²) in [6.45, 7) is 2.75. The van der Waals surface area contributed by atoms with Gasteiger partial charge in [-0.05, 0) is 57.1 Å². The number of nitrogens with zero attached hydrogens (tertiary/aromatic N) is 4. The molecule has 1 N–H and O–H groups in total. The molecule has 0 spiro atoms. The average molecular weight is 459 g/mol. The molecule has 0 aliphatic carbocycles. The van der Waals surface area contributed by atoms with E-state index in [-0.39, 0.29) is 12.2 Å². The number of para-hydroxylation sites is 1. The summed E-state index contributed by atoms with van der Waals surface area (Å²) in [5.74, 6) is -0.599. The van der Waals surface area contributed by atoms with E-state index in [2.05, 4.69) is 11.0 Å². The standard InChI is InChI=1S/C22H23FN4O4S/c23-17-14-16(6-7-19(17)27(30)31)26(22(28)29)11-3-10-25-12-8-15(9-13-25)21-24-18-4-1-2-5-20(18)32-21/h1-2,4-7,14-15H,3,8-13H2,(H,28,29). The Kier molecular flexibility index (Phi) is 6.61. The molecule has 168 valence electrons. The van der Waals surface area contributed by atoms with Crippen molar-refractivity contribution < 1.29 is 19.2 Å². The molecule has 1 aliphatic rings. The van der Waals surface area contributed by atoms with Crippen LogP contribution in [0.3, 0.4) is 0 Å². The number of thiazole rings is 1. The van der Waals surface area contributed by atoms with E-state index in [1.165, 1.54) is 15.8 Å². The second kappa shape index (κ2) is 9.58. The van der Waals surface area contributed by atoms with Gasteiger partial charge in [0.25, 0.3) is 0 Å². The third-order valence-electron chi connectivity index (χ3n) is 5.77. The fourth-order valence-corrected chi connectivity index (χ4v) is 5.20. The summed E-state index contributed by atoms with van der Waals surface area (Å²) in [4.78, 5) is 29.7. The summed E-state index contributed by atoms with van der Waals surface area (Å²) in [7, 11) is 0. The van der Waals surface area contributed by atoms with Crippen molar-refractivity contribution in [2.75, 3.05) is 31.1 Å². The molecule has 0 unspecified atom stereocenters. The SMILES string of the molecule is O=C(O)N(CCCN1CCC(c2nc3ccccc3s2)CC1)c1ccc([N+](=O)[O-])c(F)c1. The molecule has 32 heavy (non-hydrogen) atoms. The molecular formula is C22H23FN4O4S. The lowest BCUT2D eigenvalue weighted by Gasteiger charge is -2.31. The lowest BCUT2D eigenvalue weighted by Crippen LogP contribution is -2.36. The molecule has 1 amide bonds. The monoisotopic (exact) mass is 458 g/mol. The van der Waals surface area contributed by atoms with Gasteiger partial charge in [0.15, 0.2) is 0 Å². The smallest absolute Gasteiger partial charge is 0.411 e. The molecule has 0 radical (unpaired) electrons. The molecule has 0 bridgehead atoms. The summed E-state index contributed by atoms with van der Waals surface area (Å²) in [5, 5.41) is 21.5. The summed E-state index contributed by atoms with van der Waals surface area (Å²) in [6, 6.07) is 11.3. The third-order valence-corrected chi connectivity index (χ3v) is 6.97. The van der Waals surface area contributed by atoms with Crippen LogP contribution in [0.5, 0.6) is 0 Å². The molecule has 1 fully saturated rings. The number of aromatic nitrogens is 1. The number of benzene rings is 2. The second-order valence-electron chi connectivity index (χ2n) is 7.82. The number of carboxylic acid groups (broad SMARTS) is 1. The highest BCUT2D eigenvalue weighted by molar-refractivity contribution is 7.18. The lowest BCUT2D eigenvalue weighted by molar-refractivity contribution is -0.387. The zero-order chi connectivity index (χ0) is 22.7. The molecular weight excluding hydrogens is 435 g/mol. The van der Waals surface area contributed by atoms with E-state index >= 15 is 0 Å². The lowest BCUT2D eigenvalue weighted by atomic mass is 9.97. The number of fused-ring (bicyclic) bond motifs is 1. The Morgan fingerprint density at radius 2 is 2.03 bits per heavy atom. The topological polar surface area (TPSA) is 99.8 Å². The highest BCUT2D eigenvalue weighted by Crippen LogP contribution is 2.33. The van der Waals surface area contributed by atoms with Crippen LogP contribution in [-0.4, -0.2) is 52.2 Å². The number of nitro groups is 1. The van der Waals surface area contributed by atoms with Crippen molar-refractivity contribution in [1.29, 1.82) is 0 Å². The summed E-state index contributed by atoms with van der Waals surface area (Å²) < 4.78 is 15.1. The number of hydrogen-bond acceptors (Lipinski definition) is 6. The Labute approximate surface area is 188 Å². The number of halogens is 1. The van der Waals surface area contributed by atoms with Gasteiger partial charge in [0.2, 0.25) is 5.82 Å². The van der Waals surface area contributed by atoms with Crippen molar-refractivity contribution in [3.05, 3.63) is 63.4 Å². The largest absolute Gasteiger partial charge is 0.465 e. The number of carbonyl (C=O) groups is 1. The molecule has 10 heteroatoms. The molecule has 1 aromatic heterocycles. The predicted octanol–water partition coefficient (Wildman–Crippen LogP) is 5.10. The van der Waals surface area contributed by atoms with Crippen molar-refractivity contribution in [3.8, 4) is 0 Å². The number of piperidine rings is 1. The van der Waals surface area contributed by atoms with Gasteiger partial charge in [-0.3, -0.25) is 15.0 Å². The van der Waals surface area contributed by atoms with Crippen molar-refractivity contribution in [2.45, 2.75) is 25.2 Å². The highest BCUT2D eigenvalue weighted by Gasteiger charge is 2.24. The quantitative estimate of drug-likeness (QED) is 0.391. The zero-order valence-electron chi connectivity index (χ0n) is 17.3. The van der Waals surface area contributed by atoms with E-state index < -0.39 is 22.5 Å². The number of nitro benzene ring substituents is 1. The molecule has 2 aromatic carbocycles. The Hall–Kier alpha value is -3.11. The van der Waals surface area contributed by atoms with E-state index in [1.807, 2.05) is 18.2 Å². The van der Waals surface area contributed by atoms with Gasteiger partial charge < -0.3 is 10.0 Å². The normalized spacial score (nSPS) is 15.2. The van der Waals surface area contributed by atoms with Gasteiger partial charge in [-0.15, -0.1) is 11.3 Å². The fourth-order valence-electron chi connectivity index (χ4n) is 4.07. The highest BCUT2D eigenvalue weighted by atomic mass is 32.1. The Morgan fingerprint density at radius 1 is 1.28 bits per heavy atom. The number of anilines is 1. The van der Waals surface area contributed by atoms with E-state index in [0.29, 0.717) is 12.3 Å². The minimum absolute atomic E-state index is 0.0927. The van der Waals surface area contributed by atoms with Crippen LogP contribution in [0.1, 0.15) is 30.2 Å². The fraction of sp³-hybridized carbons (Fsp3) is 0.364. The minimum Gasteiger partial charge on any atom is -0.465 e. The van der Waals surface area contributed by atoms with E-state index in [4.69, 9.17) is 4.98 Å². The van der Waals surface area contributed by atoms with E-state index in [9.17, 15) is 24.4 Å². The molecule has 0 saturated carbocycles. The predicted molar refractivity (Wildman–Crippen MR) is 121 cm³/mol. The van der Waals surface area contributed by atoms with Crippen molar-refractivity contribution >= 4 is 39.0 Å². The van der Waals surface area contributed by atoms with Crippen LogP contribution >= 0.6 is 11.3 Å². The molecule has 0 atom stereocenters. The van der Waals surface area contributed by atoms with Gasteiger partial charge in [-0.1, -0.05) is 12.1 Å². The first-order chi connectivity index (χ1) is 15.4. The molecule has 1 saturated heterocycles. The van der Waals surface area contributed by atoms with Gasteiger partial charge in [-0.25, -0.2) is 9.78 Å². The number of likely N-dealkylation sites (tertiary alicyclic amines) is 1. The first-order valence-corrected chi connectivity index (χ1v) is 11.3. The van der Waals surface area contributed by atoms with Crippen LogP contribution in [0.4, 0.5) is 20.6 Å². The first kappa shape index (κ1) is 22.1. The van der Waals surface area contributed by atoms with Gasteiger partial charge in [0.1, 0.15) is 0 Å². The Morgan fingerprint density at radius 3 is 2.69 bits per heavy atom. The van der Waals surface area contributed by atoms with Gasteiger partial charge in [0, 0.05) is 24.6 Å². The van der Waals surface area contributed by atoms with Gasteiger partial charge in [-0.2, -0.15) is 4.39 Å². The minimum atomic E-state index is -1.22. The van der Waals surface area contributed by atoms with Crippen LogP contribution in [0.15, 0.2) is 42.5 Å². The summed E-state index contributed by atoms with van der Waals surface area (Å²) in [6.07, 6.45) is 1.38. The van der Waals surface area contributed by atoms with Crippen LogP contribution in [-0.2, 0) is 0 Å². The number of rotatable bonds is 7.